The minimum atomic E-state index is -4.42. The van der Waals surface area contributed by atoms with Crippen molar-refractivity contribution in [3.63, 3.8) is 0 Å². The summed E-state index contributed by atoms with van der Waals surface area (Å²) < 4.78 is 38.3. The number of nitrogens with zero attached hydrogens (tertiary/aromatic N) is 2. The largest absolute Gasteiger partial charge is 0.416 e. The number of fused-ring (bicyclic) bond motifs is 1. The highest BCUT2D eigenvalue weighted by Crippen LogP contribution is 2.32. The lowest BCUT2D eigenvalue weighted by Gasteiger charge is -2.36. The summed E-state index contributed by atoms with van der Waals surface area (Å²) in [5.41, 5.74) is 1.94. The Balaban J connectivity index is 1.56. The first-order valence-corrected chi connectivity index (χ1v) is 10.0. The number of carbonyl (C=O) groups excluding carboxylic acids is 2. The summed E-state index contributed by atoms with van der Waals surface area (Å²) >= 11 is 0. The average Bonchev–Trinajstić information content (AvgIpc) is 2.78. The smallest absolute Gasteiger partial charge is 0.350 e. The normalized spacial score (nSPS) is 15.9. The molecule has 1 aliphatic rings. The lowest BCUT2D eigenvalue weighted by Crippen LogP contribution is -2.47. The fourth-order valence-electron chi connectivity index (χ4n) is 3.76. The average molecular weight is 439 g/mol. The quantitative estimate of drug-likeness (QED) is 0.653. The zero-order valence-electron chi connectivity index (χ0n) is 17.0. The van der Waals surface area contributed by atoms with Gasteiger partial charge in [-0.15, -0.1) is 0 Å². The highest BCUT2D eigenvalue weighted by atomic mass is 19.4. The Morgan fingerprint density at radius 3 is 2.44 bits per heavy atom. The van der Waals surface area contributed by atoms with E-state index in [1.54, 1.807) is 18.3 Å². The van der Waals surface area contributed by atoms with Gasteiger partial charge in [-0.05, 0) is 41.0 Å². The molecular formula is C24H20F3N3O2. The van der Waals surface area contributed by atoms with E-state index in [0.717, 1.165) is 23.3 Å². The second-order valence-electron chi connectivity index (χ2n) is 7.53. The molecule has 1 N–H and O–H groups in total. The molecule has 1 aliphatic heterocycles. The molecule has 2 aromatic carbocycles. The maximum atomic E-state index is 13.2. The Labute approximate surface area is 182 Å². The van der Waals surface area contributed by atoms with Crippen molar-refractivity contribution >= 4 is 11.8 Å². The standard InChI is InChI=1S/C24H20F3N3O2/c25-24(26,27)18-10-8-16(9-11-18)14-29-23(32)22-20-7-2-1-5-17(20)13-21(31)30(22)15-19-6-3-4-12-28-19/h1-12,22H,13-15H2,(H,29,32). The van der Waals surface area contributed by atoms with Crippen LogP contribution < -0.4 is 5.32 Å². The summed E-state index contributed by atoms with van der Waals surface area (Å²) in [5.74, 6) is -0.592. The molecule has 2 amide bonds. The van der Waals surface area contributed by atoms with E-state index in [9.17, 15) is 22.8 Å². The van der Waals surface area contributed by atoms with Crippen molar-refractivity contribution in [2.75, 3.05) is 0 Å². The fourth-order valence-corrected chi connectivity index (χ4v) is 3.76. The van der Waals surface area contributed by atoms with E-state index in [-0.39, 0.29) is 25.4 Å². The van der Waals surface area contributed by atoms with Gasteiger partial charge in [0.25, 0.3) is 0 Å². The molecule has 0 aliphatic carbocycles. The predicted molar refractivity (Wildman–Crippen MR) is 111 cm³/mol. The molecule has 32 heavy (non-hydrogen) atoms. The number of pyridine rings is 1. The number of benzene rings is 2. The number of nitrogens with one attached hydrogen (secondary N) is 1. The van der Waals surface area contributed by atoms with Crippen LogP contribution in [0.5, 0.6) is 0 Å². The third-order valence-electron chi connectivity index (χ3n) is 5.38. The molecule has 1 unspecified atom stereocenters. The fraction of sp³-hybridized carbons (Fsp3) is 0.208. The molecule has 8 heteroatoms. The minimum absolute atomic E-state index is 0.0429. The van der Waals surface area contributed by atoms with Gasteiger partial charge in [0.2, 0.25) is 11.8 Å². The second-order valence-corrected chi connectivity index (χ2v) is 7.53. The molecule has 0 saturated carbocycles. The highest BCUT2D eigenvalue weighted by Gasteiger charge is 2.37. The Morgan fingerprint density at radius 2 is 1.75 bits per heavy atom. The van der Waals surface area contributed by atoms with Crippen LogP contribution in [0.15, 0.2) is 72.9 Å². The second kappa shape index (κ2) is 8.82. The third kappa shape index (κ3) is 4.64. The third-order valence-corrected chi connectivity index (χ3v) is 5.38. The number of aromatic nitrogens is 1. The van der Waals surface area contributed by atoms with Gasteiger partial charge >= 0.3 is 6.18 Å². The number of hydrogen-bond acceptors (Lipinski definition) is 3. The molecule has 4 rings (SSSR count). The molecule has 2 heterocycles. The van der Waals surface area contributed by atoms with Crippen molar-refractivity contribution < 1.29 is 22.8 Å². The van der Waals surface area contributed by atoms with Gasteiger partial charge in [0.1, 0.15) is 6.04 Å². The van der Waals surface area contributed by atoms with Crippen molar-refractivity contribution in [2.45, 2.75) is 31.7 Å². The first-order chi connectivity index (χ1) is 15.3. The van der Waals surface area contributed by atoms with Crippen LogP contribution in [0.2, 0.25) is 0 Å². The zero-order valence-corrected chi connectivity index (χ0v) is 17.0. The van der Waals surface area contributed by atoms with Crippen LogP contribution in [0, 0.1) is 0 Å². The van der Waals surface area contributed by atoms with Crippen LogP contribution in [-0.4, -0.2) is 21.7 Å². The lowest BCUT2D eigenvalue weighted by molar-refractivity contribution is -0.142. The first kappa shape index (κ1) is 21.5. The molecule has 5 nitrogen and oxygen atoms in total. The van der Waals surface area contributed by atoms with Crippen LogP contribution in [0.1, 0.15) is 34.0 Å². The summed E-state index contributed by atoms with van der Waals surface area (Å²) in [6.45, 7) is 0.216. The lowest BCUT2D eigenvalue weighted by atomic mass is 9.91. The molecule has 164 valence electrons. The van der Waals surface area contributed by atoms with Crippen LogP contribution in [0.3, 0.4) is 0 Å². The minimum Gasteiger partial charge on any atom is -0.350 e. The van der Waals surface area contributed by atoms with Gasteiger partial charge in [0.05, 0.1) is 24.2 Å². The van der Waals surface area contributed by atoms with E-state index in [0.29, 0.717) is 11.3 Å². The highest BCUT2D eigenvalue weighted by molar-refractivity contribution is 5.92. The van der Waals surface area contributed by atoms with Crippen molar-refractivity contribution in [1.82, 2.24) is 15.2 Å². The molecule has 0 radical (unpaired) electrons. The summed E-state index contributed by atoms with van der Waals surface area (Å²) in [5, 5.41) is 2.77. The van der Waals surface area contributed by atoms with Crippen LogP contribution in [0.25, 0.3) is 0 Å². The Morgan fingerprint density at radius 1 is 1.03 bits per heavy atom. The topological polar surface area (TPSA) is 62.3 Å². The summed E-state index contributed by atoms with van der Waals surface area (Å²) in [4.78, 5) is 31.8. The van der Waals surface area contributed by atoms with Crippen LogP contribution >= 0.6 is 0 Å². The van der Waals surface area contributed by atoms with E-state index in [2.05, 4.69) is 10.3 Å². The predicted octanol–water partition coefficient (Wildman–Crippen LogP) is 4.04. The Bertz CT molecular complexity index is 1120. The molecule has 1 atom stereocenters. The van der Waals surface area contributed by atoms with Crippen molar-refractivity contribution in [1.29, 1.82) is 0 Å². The monoisotopic (exact) mass is 439 g/mol. The molecule has 0 spiro atoms. The number of rotatable bonds is 5. The number of carbonyl (C=O) groups is 2. The number of amides is 2. The van der Waals surface area contributed by atoms with Crippen molar-refractivity contribution in [3.05, 3.63) is 101 Å². The van der Waals surface area contributed by atoms with Crippen LogP contribution in [-0.2, 0) is 35.3 Å². The van der Waals surface area contributed by atoms with E-state index >= 15 is 0 Å². The number of hydrogen-bond donors (Lipinski definition) is 1. The Hall–Kier alpha value is -3.68. The molecule has 0 fully saturated rings. The van der Waals surface area contributed by atoms with E-state index in [1.165, 1.54) is 17.0 Å². The van der Waals surface area contributed by atoms with Gasteiger partial charge in [-0.2, -0.15) is 13.2 Å². The van der Waals surface area contributed by atoms with Gasteiger partial charge in [0.15, 0.2) is 0 Å². The number of halogens is 3. The molecular weight excluding hydrogens is 419 g/mol. The summed E-state index contributed by atoms with van der Waals surface area (Å²) in [7, 11) is 0. The van der Waals surface area contributed by atoms with Gasteiger partial charge in [-0.3, -0.25) is 14.6 Å². The van der Waals surface area contributed by atoms with Crippen molar-refractivity contribution in [2.24, 2.45) is 0 Å². The van der Waals surface area contributed by atoms with E-state index in [1.807, 2.05) is 30.3 Å². The molecule has 1 aromatic heterocycles. The SMILES string of the molecule is O=C(NCc1ccc(C(F)(F)F)cc1)C1c2ccccc2CC(=O)N1Cc1ccccn1. The number of alkyl halides is 3. The van der Waals surface area contributed by atoms with Gasteiger partial charge in [-0.1, -0.05) is 42.5 Å². The summed E-state index contributed by atoms with van der Waals surface area (Å²) in [6.07, 6.45) is -2.61. The zero-order chi connectivity index (χ0) is 22.7. The first-order valence-electron chi connectivity index (χ1n) is 10.0. The van der Waals surface area contributed by atoms with E-state index in [4.69, 9.17) is 0 Å². The summed E-state index contributed by atoms with van der Waals surface area (Å²) in [6, 6.07) is 16.4. The Kier molecular flexibility index (Phi) is 5.94. The molecule has 3 aromatic rings. The van der Waals surface area contributed by atoms with Crippen molar-refractivity contribution in [3.8, 4) is 0 Å². The van der Waals surface area contributed by atoms with Gasteiger partial charge < -0.3 is 10.2 Å². The van der Waals surface area contributed by atoms with E-state index < -0.39 is 23.7 Å². The molecule has 0 bridgehead atoms. The van der Waals surface area contributed by atoms with Gasteiger partial charge in [0, 0.05) is 12.7 Å². The maximum Gasteiger partial charge on any atom is 0.416 e. The molecule has 0 saturated heterocycles. The maximum absolute atomic E-state index is 13.2. The van der Waals surface area contributed by atoms with Gasteiger partial charge in [-0.25, -0.2) is 0 Å². The van der Waals surface area contributed by atoms with Crippen LogP contribution in [0.4, 0.5) is 13.2 Å².